The quantitative estimate of drug-likeness (QED) is 0.926. The van der Waals surface area contributed by atoms with Crippen molar-refractivity contribution in [3.63, 3.8) is 0 Å². The van der Waals surface area contributed by atoms with Crippen molar-refractivity contribution in [2.45, 2.75) is 58.3 Å². The second kappa shape index (κ2) is 5.79. The van der Waals surface area contributed by atoms with Crippen molar-refractivity contribution in [3.05, 3.63) is 28.8 Å². The highest BCUT2D eigenvalue weighted by Crippen LogP contribution is 2.34. The molecule has 0 amide bonds. The summed E-state index contributed by atoms with van der Waals surface area (Å²) in [5.41, 5.74) is 8.08. The van der Waals surface area contributed by atoms with Crippen LogP contribution in [0.5, 0.6) is 0 Å². The van der Waals surface area contributed by atoms with Gasteiger partial charge in [-0.3, -0.25) is 0 Å². The van der Waals surface area contributed by atoms with E-state index < -0.39 is 0 Å². The highest BCUT2D eigenvalue weighted by atomic mass is 35.5. The predicted octanol–water partition coefficient (Wildman–Crippen LogP) is 3.62. The van der Waals surface area contributed by atoms with Gasteiger partial charge in [-0.1, -0.05) is 11.6 Å². The Balaban J connectivity index is 2.36. The number of nitrogens with two attached hydrogens (primary N) is 1. The van der Waals surface area contributed by atoms with Crippen molar-refractivity contribution in [3.8, 4) is 0 Å². The molecule has 1 aromatic carbocycles. The summed E-state index contributed by atoms with van der Waals surface area (Å²) < 4.78 is 6.17. The summed E-state index contributed by atoms with van der Waals surface area (Å²) in [5.74, 6) is 0. The first kappa shape index (κ1) is 16.6. The molecule has 118 valence electrons. The summed E-state index contributed by atoms with van der Waals surface area (Å²) in [5, 5.41) is 0.765. The second-order valence-corrected chi connectivity index (χ2v) is 7.87. The van der Waals surface area contributed by atoms with Crippen LogP contribution in [0.4, 0.5) is 5.69 Å². The smallest absolute Gasteiger partial charge is 0.0808 e. The minimum Gasteiger partial charge on any atom is -0.366 e. The fourth-order valence-electron chi connectivity index (χ4n) is 3.33. The largest absolute Gasteiger partial charge is 0.366 e. The normalized spacial score (nSPS) is 22.1. The highest BCUT2D eigenvalue weighted by molar-refractivity contribution is 6.30. The third kappa shape index (κ3) is 4.35. The van der Waals surface area contributed by atoms with E-state index in [1.807, 2.05) is 19.1 Å². The van der Waals surface area contributed by atoms with Gasteiger partial charge in [-0.25, -0.2) is 0 Å². The maximum Gasteiger partial charge on any atom is 0.0808 e. The summed E-state index contributed by atoms with van der Waals surface area (Å²) in [4.78, 5) is 2.40. The number of nitrogens with zero attached hydrogens (tertiary/aromatic N) is 1. The third-order valence-electron chi connectivity index (χ3n) is 3.62. The van der Waals surface area contributed by atoms with Crippen molar-refractivity contribution in [1.29, 1.82) is 0 Å². The Morgan fingerprint density at radius 1 is 1.24 bits per heavy atom. The lowest BCUT2D eigenvalue weighted by Gasteiger charge is -2.48. The van der Waals surface area contributed by atoms with Crippen molar-refractivity contribution in [1.82, 2.24) is 0 Å². The Bertz CT molecular complexity index is 496. The molecule has 0 aromatic heterocycles. The molecule has 0 radical (unpaired) electrons. The van der Waals surface area contributed by atoms with Crippen molar-refractivity contribution < 1.29 is 4.74 Å². The molecule has 2 N–H and O–H groups in total. The predicted molar refractivity (Wildman–Crippen MR) is 90.3 cm³/mol. The molecule has 0 saturated carbocycles. The van der Waals surface area contributed by atoms with Crippen LogP contribution >= 0.6 is 11.6 Å². The summed E-state index contributed by atoms with van der Waals surface area (Å²) >= 11 is 6.17. The Hall–Kier alpha value is -0.770. The number of halogens is 1. The Morgan fingerprint density at radius 2 is 1.81 bits per heavy atom. The van der Waals surface area contributed by atoms with Crippen molar-refractivity contribution in [2.75, 3.05) is 18.0 Å². The van der Waals surface area contributed by atoms with E-state index in [1.54, 1.807) is 0 Å². The van der Waals surface area contributed by atoms with Crippen LogP contribution < -0.4 is 10.6 Å². The van der Waals surface area contributed by atoms with E-state index in [2.05, 4.69) is 38.7 Å². The van der Waals surface area contributed by atoms with Crippen LogP contribution in [-0.2, 0) is 11.2 Å². The van der Waals surface area contributed by atoms with Gasteiger partial charge < -0.3 is 15.4 Å². The van der Waals surface area contributed by atoms with Gasteiger partial charge >= 0.3 is 0 Å². The van der Waals surface area contributed by atoms with Crippen molar-refractivity contribution >= 4 is 17.3 Å². The first-order valence-corrected chi connectivity index (χ1v) is 7.95. The number of benzene rings is 1. The van der Waals surface area contributed by atoms with Crippen LogP contribution in [0.3, 0.4) is 0 Å². The molecule has 1 heterocycles. The van der Waals surface area contributed by atoms with E-state index in [1.165, 1.54) is 11.3 Å². The summed E-state index contributed by atoms with van der Waals surface area (Å²) in [6.45, 7) is 12.3. The molecule has 0 aliphatic carbocycles. The fraction of sp³-hybridized carbons (Fsp3) is 0.647. The second-order valence-electron chi connectivity index (χ2n) is 7.43. The van der Waals surface area contributed by atoms with E-state index in [4.69, 9.17) is 22.1 Å². The molecule has 4 heteroatoms. The molecule has 1 saturated heterocycles. The molecule has 0 spiro atoms. The molecule has 0 bridgehead atoms. The molecular formula is C17H27ClN2O. The van der Waals surface area contributed by atoms with Gasteiger partial charge in [0.1, 0.15) is 0 Å². The maximum absolute atomic E-state index is 6.17. The minimum absolute atomic E-state index is 0.115. The van der Waals surface area contributed by atoms with Gasteiger partial charge in [0.15, 0.2) is 0 Å². The fourth-order valence-corrected chi connectivity index (χ4v) is 3.53. The lowest BCUT2D eigenvalue weighted by molar-refractivity contribution is -0.133. The topological polar surface area (TPSA) is 38.5 Å². The monoisotopic (exact) mass is 310 g/mol. The maximum atomic E-state index is 6.17. The number of morpholine rings is 1. The Labute approximate surface area is 133 Å². The Morgan fingerprint density at radius 3 is 2.33 bits per heavy atom. The van der Waals surface area contributed by atoms with E-state index in [9.17, 15) is 0 Å². The average molecular weight is 311 g/mol. The molecule has 2 rings (SSSR count). The van der Waals surface area contributed by atoms with E-state index >= 15 is 0 Å². The van der Waals surface area contributed by atoms with E-state index in [0.717, 1.165) is 24.5 Å². The molecule has 1 unspecified atom stereocenters. The van der Waals surface area contributed by atoms with Crippen LogP contribution in [0.1, 0.15) is 40.2 Å². The number of rotatable bonds is 3. The molecular weight excluding hydrogens is 284 g/mol. The molecule has 1 fully saturated rings. The van der Waals surface area contributed by atoms with Gasteiger partial charge in [0, 0.05) is 29.8 Å². The van der Waals surface area contributed by atoms with Gasteiger partial charge in [0.05, 0.1) is 11.2 Å². The standard InChI is InChI=1S/C17H27ClN2O/c1-12(19)8-13-9-14(18)6-7-15(13)20-10-16(2,3)21-17(4,5)11-20/h6-7,9,12H,8,10-11,19H2,1-5H3. The van der Waals surface area contributed by atoms with E-state index in [-0.39, 0.29) is 17.2 Å². The highest BCUT2D eigenvalue weighted by Gasteiger charge is 2.38. The Kier molecular flexibility index (Phi) is 4.57. The van der Waals surface area contributed by atoms with Gasteiger partial charge in [-0.15, -0.1) is 0 Å². The zero-order valence-corrected chi connectivity index (χ0v) is 14.5. The number of ether oxygens (including phenoxy) is 1. The lowest BCUT2D eigenvalue weighted by Crippen LogP contribution is -2.57. The van der Waals surface area contributed by atoms with Gasteiger partial charge in [0.25, 0.3) is 0 Å². The summed E-state index contributed by atoms with van der Waals surface area (Å²) in [6.07, 6.45) is 0.827. The summed E-state index contributed by atoms with van der Waals surface area (Å²) in [6, 6.07) is 6.22. The molecule has 3 nitrogen and oxygen atoms in total. The lowest BCUT2D eigenvalue weighted by atomic mass is 9.96. The van der Waals surface area contributed by atoms with Crippen molar-refractivity contribution in [2.24, 2.45) is 5.73 Å². The van der Waals surface area contributed by atoms with Crippen LogP contribution in [0.15, 0.2) is 18.2 Å². The third-order valence-corrected chi connectivity index (χ3v) is 3.86. The van der Waals surface area contributed by atoms with Gasteiger partial charge in [-0.05, 0) is 64.8 Å². The van der Waals surface area contributed by atoms with E-state index in [0.29, 0.717) is 0 Å². The van der Waals surface area contributed by atoms with Crippen LogP contribution in [0.25, 0.3) is 0 Å². The first-order chi connectivity index (χ1) is 9.58. The number of hydrogen-bond acceptors (Lipinski definition) is 3. The minimum atomic E-state index is -0.174. The zero-order chi connectivity index (χ0) is 15.8. The molecule has 1 atom stereocenters. The van der Waals surface area contributed by atoms with Crippen LogP contribution in [0.2, 0.25) is 5.02 Å². The van der Waals surface area contributed by atoms with Gasteiger partial charge in [0.2, 0.25) is 0 Å². The SMILES string of the molecule is CC(N)Cc1cc(Cl)ccc1N1CC(C)(C)OC(C)(C)C1. The molecule has 1 aromatic rings. The van der Waals surface area contributed by atoms with Crippen LogP contribution in [-0.4, -0.2) is 30.3 Å². The molecule has 1 aliphatic rings. The number of anilines is 1. The summed E-state index contributed by atoms with van der Waals surface area (Å²) in [7, 11) is 0. The van der Waals surface area contributed by atoms with Gasteiger partial charge in [-0.2, -0.15) is 0 Å². The first-order valence-electron chi connectivity index (χ1n) is 7.57. The molecule has 21 heavy (non-hydrogen) atoms. The molecule has 1 aliphatic heterocycles. The average Bonchev–Trinajstić information content (AvgIpc) is 2.23. The number of hydrogen-bond donors (Lipinski definition) is 1. The zero-order valence-electron chi connectivity index (χ0n) is 13.7. The van der Waals surface area contributed by atoms with Crippen LogP contribution in [0, 0.1) is 0 Å².